The lowest BCUT2D eigenvalue weighted by molar-refractivity contribution is -0.154. The third-order valence-electron chi connectivity index (χ3n) is 9.06. The van der Waals surface area contributed by atoms with Crippen LogP contribution in [0, 0.1) is 40.4 Å². The maximum absolute atomic E-state index is 12.4. The fraction of sp³-hybridized carbons (Fsp3) is 0.864. The first-order chi connectivity index (χ1) is 11.8. The summed E-state index contributed by atoms with van der Waals surface area (Å²) in [7, 11) is 1.55. The van der Waals surface area contributed by atoms with E-state index in [1.165, 1.54) is 44.2 Å². The molecular weight excluding hydrogens is 310 g/mol. The molecule has 8 atom stereocenters. The highest BCUT2D eigenvalue weighted by Gasteiger charge is 2.61. The summed E-state index contributed by atoms with van der Waals surface area (Å²) in [5, 5.41) is 3.78. The van der Waals surface area contributed by atoms with Gasteiger partial charge in [0.1, 0.15) is 0 Å². The molecule has 1 heterocycles. The Kier molecular flexibility index (Phi) is 4.01. The minimum atomic E-state index is 0.0348. The number of rotatable bonds is 1. The Hall–Kier alpha value is -0.990. The number of fused-ring (bicyclic) bond motifs is 5. The van der Waals surface area contributed by atoms with E-state index in [0.717, 1.165) is 18.3 Å². The Labute approximate surface area is 153 Å². The molecule has 0 bridgehead atoms. The van der Waals surface area contributed by atoms with E-state index >= 15 is 0 Å². The molecule has 4 rings (SSSR count). The number of nitrogens with one attached hydrogen (secondary N) is 1. The standard InChI is InChI=1S/C22H35NO2/c1-13-12-22(4)17-10-11-21(3)16(7-8-18(21)20(24)25-5)15(17)6-9-19(22)23-14(13)2/h13,15-19,23H,2,6-12H2,1,3-5H3/t13-,15?,16?,17?,18?,19?,21?,22?/m1/s1. The van der Waals surface area contributed by atoms with E-state index in [1.807, 2.05) is 0 Å². The monoisotopic (exact) mass is 345 g/mol. The van der Waals surface area contributed by atoms with Crippen LogP contribution in [0.4, 0.5) is 0 Å². The minimum Gasteiger partial charge on any atom is -0.469 e. The van der Waals surface area contributed by atoms with Crippen LogP contribution >= 0.6 is 0 Å². The third-order valence-corrected chi connectivity index (χ3v) is 9.06. The summed E-state index contributed by atoms with van der Waals surface area (Å²) in [4.78, 5) is 12.4. The average molecular weight is 346 g/mol. The van der Waals surface area contributed by atoms with Crippen molar-refractivity contribution in [3.8, 4) is 0 Å². The zero-order valence-electron chi connectivity index (χ0n) is 16.4. The Morgan fingerprint density at radius 1 is 1.12 bits per heavy atom. The van der Waals surface area contributed by atoms with Gasteiger partial charge in [-0.15, -0.1) is 0 Å². The number of hydrogen-bond donors (Lipinski definition) is 1. The van der Waals surface area contributed by atoms with Gasteiger partial charge in [0, 0.05) is 11.7 Å². The minimum absolute atomic E-state index is 0.0348. The maximum Gasteiger partial charge on any atom is 0.309 e. The van der Waals surface area contributed by atoms with E-state index in [-0.39, 0.29) is 17.3 Å². The third kappa shape index (κ3) is 2.33. The van der Waals surface area contributed by atoms with Gasteiger partial charge in [-0.25, -0.2) is 0 Å². The zero-order valence-corrected chi connectivity index (χ0v) is 16.4. The number of methoxy groups -OCH3 is 1. The molecule has 4 fully saturated rings. The van der Waals surface area contributed by atoms with Gasteiger partial charge >= 0.3 is 5.97 Å². The second kappa shape index (κ2) is 5.76. The van der Waals surface area contributed by atoms with Crippen molar-refractivity contribution < 1.29 is 9.53 Å². The van der Waals surface area contributed by atoms with E-state index in [0.29, 0.717) is 23.3 Å². The quantitative estimate of drug-likeness (QED) is 0.710. The van der Waals surface area contributed by atoms with Crippen molar-refractivity contribution in [2.75, 3.05) is 7.11 Å². The average Bonchev–Trinajstić information content (AvgIpc) is 2.93. The first-order valence-corrected chi connectivity index (χ1v) is 10.3. The van der Waals surface area contributed by atoms with Gasteiger partial charge in [0.2, 0.25) is 0 Å². The van der Waals surface area contributed by atoms with E-state index in [9.17, 15) is 4.79 Å². The maximum atomic E-state index is 12.4. The van der Waals surface area contributed by atoms with Crippen molar-refractivity contribution >= 4 is 5.97 Å². The summed E-state index contributed by atoms with van der Waals surface area (Å²) in [5.41, 5.74) is 1.79. The zero-order chi connectivity index (χ0) is 18.0. The first kappa shape index (κ1) is 17.4. The summed E-state index contributed by atoms with van der Waals surface area (Å²) >= 11 is 0. The summed E-state index contributed by atoms with van der Waals surface area (Å²) < 4.78 is 5.16. The molecule has 0 radical (unpaired) electrons. The second-order valence-electron chi connectivity index (χ2n) is 9.98. The lowest BCUT2D eigenvalue weighted by Gasteiger charge is -2.61. The van der Waals surface area contributed by atoms with E-state index in [4.69, 9.17) is 4.74 Å². The van der Waals surface area contributed by atoms with Gasteiger partial charge in [0.25, 0.3) is 0 Å². The lowest BCUT2D eigenvalue weighted by Crippen LogP contribution is -2.60. The highest BCUT2D eigenvalue weighted by molar-refractivity contribution is 5.73. The van der Waals surface area contributed by atoms with Crippen molar-refractivity contribution in [1.29, 1.82) is 0 Å². The number of esters is 1. The SMILES string of the molecule is C=C1NC2CCC3C(CCC4(C)C(C(=O)OC)CCC34)C2(C)C[C@H]1C. The Balaban J connectivity index is 1.62. The van der Waals surface area contributed by atoms with Crippen LogP contribution in [0.15, 0.2) is 12.3 Å². The normalized spacial score (nSPS) is 51.8. The van der Waals surface area contributed by atoms with Crippen LogP contribution in [0.5, 0.6) is 0 Å². The Morgan fingerprint density at radius 3 is 2.56 bits per heavy atom. The number of piperidine rings is 1. The summed E-state index contributed by atoms with van der Waals surface area (Å²) in [6.45, 7) is 11.5. The predicted octanol–water partition coefficient (Wildman–Crippen LogP) is 4.53. The largest absolute Gasteiger partial charge is 0.469 e. The summed E-state index contributed by atoms with van der Waals surface area (Å²) in [5.74, 6) is 3.01. The summed E-state index contributed by atoms with van der Waals surface area (Å²) in [6, 6.07) is 0.597. The van der Waals surface area contributed by atoms with Gasteiger partial charge in [-0.1, -0.05) is 27.4 Å². The lowest BCUT2D eigenvalue weighted by atomic mass is 9.46. The second-order valence-corrected chi connectivity index (χ2v) is 9.98. The van der Waals surface area contributed by atoms with Crippen LogP contribution in [-0.2, 0) is 9.53 Å². The van der Waals surface area contributed by atoms with Gasteiger partial charge in [-0.2, -0.15) is 0 Å². The van der Waals surface area contributed by atoms with Gasteiger partial charge in [0.05, 0.1) is 13.0 Å². The van der Waals surface area contributed by atoms with Crippen molar-refractivity contribution in [1.82, 2.24) is 5.32 Å². The molecule has 0 spiro atoms. The molecule has 0 aromatic carbocycles. The van der Waals surface area contributed by atoms with Crippen LogP contribution < -0.4 is 5.32 Å². The van der Waals surface area contributed by atoms with Crippen LogP contribution in [0.2, 0.25) is 0 Å². The van der Waals surface area contributed by atoms with Crippen molar-refractivity contribution in [3.63, 3.8) is 0 Å². The van der Waals surface area contributed by atoms with E-state index < -0.39 is 0 Å². The molecule has 3 heteroatoms. The predicted molar refractivity (Wildman–Crippen MR) is 99.7 cm³/mol. The molecule has 140 valence electrons. The van der Waals surface area contributed by atoms with Crippen molar-refractivity contribution in [3.05, 3.63) is 12.3 Å². The molecule has 1 N–H and O–H groups in total. The Morgan fingerprint density at radius 2 is 1.84 bits per heavy atom. The molecule has 0 aromatic heterocycles. The van der Waals surface area contributed by atoms with Crippen molar-refractivity contribution in [2.45, 2.75) is 71.8 Å². The first-order valence-electron chi connectivity index (χ1n) is 10.3. The number of hydrogen-bond acceptors (Lipinski definition) is 3. The smallest absolute Gasteiger partial charge is 0.309 e. The number of ether oxygens (including phenoxy) is 1. The Bertz CT molecular complexity index is 587. The van der Waals surface area contributed by atoms with Crippen LogP contribution in [-0.4, -0.2) is 19.1 Å². The van der Waals surface area contributed by atoms with E-state index in [2.05, 4.69) is 32.7 Å². The number of allylic oxidation sites excluding steroid dienone is 1. The van der Waals surface area contributed by atoms with Gasteiger partial charge in [-0.05, 0) is 79.4 Å². The molecule has 4 aliphatic rings. The molecule has 7 unspecified atom stereocenters. The molecule has 25 heavy (non-hydrogen) atoms. The summed E-state index contributed by atoms with van der Waals surface area (Å²) in [6.07, 6.45) is 8.56. The fourth-order valence-electron chi connectivity index (χ4n) is 7.67. The van der Waals surface area contributed by atoms with Crippen LogP contribution in [0.3, 0.4) is 0 Å². The molecule has 3 aliphatic carbocycles. The fourth-order valence-corrected chi connectivity index (χ4v) is 7.67. The molecule has 3 saturated carbocycles. The van der Waals surface area contributed by atoms with Gasteiger partial charge in [0.15, 0.2) is 0 Å². The van der Waals surface area contributed by atoms with E-state index in [1.54, 1.807) is 7.11 Å². The van der Waals surface area contributed by atoms with Gasteiger partial charge in [-0.3, -0.25) is 4.79 Å². The van der Waals surface area contributed by atoms with Crippen LogP contribution in [0.25, 0.3) is 0 Å². The van der Waals surface area contributed by atoms with Gasteiger partial charge < -0.3 is 10.1 Å². The number of carbonyl (C=O) groups is 1. The molecule has 0 aromatic rings. The molecule has 0 amide bonds. The highest BCUT2D eigenvalue weighted by atomic mass is 16.5. The molecule has 1 saturated heterocycles. The highest BCUT2D eigenvalue weighted by Crippen LogP contribution is 2.66. The molecule has 1 aliphatic heterocycles. The van der Waals surface area contributed by atoms with Crippen molar-refractivity contribution in [2.24, 2.45) is 40.4 Å². The topological polar surface area (TPSA) is 38.3 Å². The molecular formula is C22H35NO2. The molecule has 3 nitrogen and oxygen atoms in total. The van der Waals surface area contributed by atoms with Crippen LogP contribution in [0.1, 0.15) is 65.7 Å². The number of carbonyl (C=O) groups excluding carboxylic acids is 1.